The first-order valence-corrected chi connectivity index (χ1v) is 8.30. The van der Waals surface area contributed by atoms with Gasteiger partial charge in [0.1, 0.15) is 11.6 Å². The van der Waals surface area contributed by atoms with Crippen LogP contribution in [0.15, 0.2) is 53.1 Å². The summed E-state index contributed by atoms with van der Waals surface area (Å²) in [7, 11) is 0. The van der Waals surface area contributed by atoms with Gasteiger partial charge in [-0.1, -0.05) is 0 Å². The number of furan rings is 1. The lowest BCUT2D eigenvalue weighted by Crippen LogP contribution is -2.06. The minimum Gasteiger partial charge on any atom is -0.467 e. The van der Waals surface area contributed by atoms with Crippen molar-refractivity contribution in [3.05, 3.63) is 65.7 Å². The van der Waals surface area contributed by atoms with Crippen LogP contribution in [0.4, 0.5) is 17.5 Å². The summed E-state index contributed by atoms with van der Waals surface area (Å²) in [5.74, 6) is 1.65. The number of rotatable bonds is 7. The Balaban J connectivity index is 1.68. The van der Waals surface area contributed by atoms with Gasteiger partial charge in [-0.25, -0.2) is 9.78 Å². The minimum atomic E-state index is -0.338. The van der Waals surface area contributed by atoms with Crippen LogP contribution in [0.5, 0.6) is 0 Å². The molecule has 0 spiro atoms. The van der Waals surface area contributed by atoms with Gasteiger partial charge in [0.15, 0.2) is 0 Å². The van der Waals surface area contributed by atoms with Gasteiger partial charge in [0, 0.05) is 17.4 Å². The second-order valence-corrected chi connectivity index (χ2v) is 5.57. The fourth-order valence-corrected chi connectivity index (χ4v) is 2.34. The number of anilines is 3. The minimum absolute atomic E-state index is 0.338. The third-order valence-electron chi connectivity index (χ3n) is 3.53. The van der Waals surface area contributed by atoms with Gasteiger partial charge in [0.2, 0.25) is 5.95 Å². The lowest BCUT2D eigenvalue weighted by Gasteiger charge is -2.10. The number of ether oxygens (including phenoxy) is 1. The van der Waals surface area contributed by atoms with Crippen LogP contribution < -0.4 is 10.6 Å². The molecule has 0 saturated carbocycles. The molecule has 26 heavy (non-hydrogen) atoms. The third kappa shape index (κ3) is 4.60. The zero-order valence-electron chi connectivity index (χ0n) is 14.7. The van der Waals surface area contributed by atoms with Crippen molar-refractivity contribution in [2.75, 3.05) is 17.2 Å². The maximum atomic E-state index is 11.7. The highest BCUT2D eigenvalue weighted by atomic mass is 16.5. The molecular weight excluding hydrogens is 332 g/mol. The highest BCUT2D eigenvalue weighted by Crippen LogP contribution is 2.17. The Bertz CT molecular complexity index is 861. The van der Waals surface area contributed by atoms with Crippen molar-refractivity contribution in [1.29, 1.82) is 0 Å². The Labute approximate surface area is 151 Å². The molecule has 0 aliphatic heterocycles. The lowest BCUT2D eigenvalue weighted by molar-refractivity contribution is 0.0526. The van der Waals surface area contributed by atoms with Crippen LogP contribution in [0, 0.1) is 6.92 Å². The SMILES string of the molecule is CCOC(=O)c1ccc(Nc2nc(C)cc(NCc3ccco3)n2)cc1. The van der Waals surface area contributed by atoms with Gasteiger partial charge in [-0.05, 0) is 50.2 Å². The summed E-state index contributed by atoms with van der Waals surface area (Å²) in [6, 6.07) is 12.6. The van der Waals surface area contributed by atoms with E-state index in [-0.39, 0.29) is 5.97 Å². The van der Waals surface area contributed by atoms with Crippen molar-refractivity contribution in [2.45, 2.75) is 20.4 Å². The summed E-state index contributed by atoms with van der Waals surface area (Å²) in [6.07, 6.45) is 1.63. The van der Waals surface area contributed by atoms with E-state index in [9.17, 15) is 4.79 Å². The fraction of sp³-hybridized carbons (Fsp3) is 0.211. The van der Waals surface area contributed by atoms with Gasteiger partial charge in [-0.3, -0.25) is 0 Å². The highest BCUT2D eigenvalue weighted by Gasteiger charge is 2.07. The number of carbonyl (C=O) groups is 1. The first-order valence-electron chi connectivity index (χ1n) is 8.30. The Hall–Kier alpha value is -3.35. The number of carbonyl (C=O) groups excluding carboxylic acids is 1. The summed E-state index contributed by atoms with van der Waals surface area (Å²) in [6.45, 7) is 4.57. The number of benzene rings is 1. The van der Waals surface area contributed by atoms with E-state index in [1.54, 1.807) is 37.5 Å². The van der Waals surface area contributed by atoms with Gasteiger partial charge >= 0.3 is 5.97 Å². The van der Waals surface area contributed by atoms with E-state index in [1.807, 2.05) is 25.1 Å². The van der Waals surface area contributed by atoms with E-state index >= 15 is 0 Å². The van der Waals surface area contributed by atoms with Crippen molar-refractivity contribution in [2.24, 2.45) is 0 Å². The normalized spacial score (nSPS) is 10.4. The smallest absolute Gasteiger partial charge is 0.338 e. The van der Waals surface area contributed by atoms with Crippen LogP contribution in [-0.2, 0) is 11.3 Å². The Morgan fingerprint density at radius 1 is 1.19 bits per heavy atom. The molecule has 0 fully saturated rings. The Morgan fingerprint density at radius 3 is 2.69 bits per heavy atom. The van der Waals surface area contributed by atoms with E-state index in [2.05, 4.69) is 20.6 Å². The monoisotopic (exact) mass is 352 g/mol. The maximum absolute atomic E-state index is 11.7. The number of hydrogen-bond acceptors (Lipinski definition) is 7. The average molecular weight is 352 g/mol. The molecule has 3 aromatic rings. The standard InChI is InChI=1S/C19H20N4O3/c1-3-25-18(24)14-6-8-15(9-7-14)22-19-21-13(2)11-17(23-19)20-12-16-5-4-10-26-16/h4-11H,3,12H2,1-2H3,(H2,20,21,22,23). The van der Waals surface area contributed by atoms with Gasteiger partial charge < -0.3 is 19.8 Å². The molecule has 0 aliphatic carbocycles. The average Bonchev–Trinajstić information content (AvgIpc) is 3.14. The van der Waals surface area contributed by atoms with Crippen LogP contribution >= 0.6 is 0 Å². The summed E-state index contributed by atoms with van der Waals surface area (Å²) in [5, 5.41) is 6.34. The highest BCUT2D eigenvalue weighted by molar-refractivity contribution is 5.89. The molecule has 7 heteroatoms. The van der Waals surface area contributed by atoms with Crippen molar-refractivity contribution in [3.63, 3.8) is 0 Å². The van der Waals surface area contributed by atoms with Gasteiger partial charge in [-0.15, -0.1) is 0 Å². The van der Waals surface area contributed by atoms with Gasteiger partial charge in [0.05, 0.1) is 25.0 Å². The maximum Gasteiger partial charge on any atom is 0.338 e. The summed E-state index contributed by atoms with van der Waals surface area (Å²) < 4.78 is 10.3. The predicted molar refractivity (Wildman–Crippen MR) is 98.5 cm³/mol. The van der Waals surface area contributed by atoms with Gasteiger partial charge in [0.25, 0.3) is 0 Å². The molecule has 0 bridgehead atoms. The number of aryl methyl sites for hydroxylation is 1. The van der Waals surface area contributed by atoms with Crippen molar-refractivity contribution >= 4 is 23.4 Å². The zero-order valence-corrected chi connectivity index (χ0v) is 14.7. The number of aromatic nitrogens is 2. The zero-order chi connectivity index (χ0) is 18.4. The number of hydrogen-bond donors (Lipinski definition) is 2. The van der Waals surface area contributed by atoms with E-state index in [0.29, 0.717) is 30.5 Å². The topological polar surface area (TPSA) is 89.3 Å². The Morgan fingerprint density at radius 2 is 2.00 bits per heavy atom. The molecule has 134 valence electrons. The molecule has 2 aromatic heterocycles. The lowest BCUT2D eigenvalue weighted by atomic mass is 10.2. The van der Waals surface area contributed by atoms with Crippen molar-refractivity contribution in [3.8, 4) is 0 Å². The van der Waals surface area contributed by atoms with E-state index in [1.165, 1.54) is 0 Å². The molecule has 2 N–H and O–H groups in total. The largest absolute Gasteiger partial charge is 0.467 e. The second-order valence-electron chi connectivity index (χ2n) is 5.57. The quantitative estimate of drug-likeness (QED) is 0.623. The molecule has 0 amide bonds. The number of esters is 1. The molecule has 0 saturated heterocycles. The summed E-state index contributed by atoms with van der Waals surface area (Å²) in [5.41, 5.74) is 2.11. The first kappa shape index (κ1) is 17.5. The molecule has 3 rings (SSSR count). The Kier molecular flexibility index (Phi) is 5.48. The van der Waals surface area contributed by atoms with Crippen LogP contribution in [0.2, 0.25) is 0 Å². The second kappa shape index (κ2) is 8.15. The van der Waals surface area contributed by atoms with E-state index in [0.717, 1.165) is 17.1 Å². The van der Waals surface area contributed by atoms with Crippen molar-refractivity contribution in [1.82, 2.24) is 9.97 Å². The molecule has 0 atom stereocenters. The van der Waals surface area contributed by atoms with E-state index < -0.39 is 0 Å². The molecule has 0 radical (unpaired) electrons. The third-order valence-corrected chi connectivity index (χ3v) is 3.53. The molecule has 2 heterocycles. The summed E-state index contributed by atoms with van der Waals surface area (Å²) >= 11 is 0. The fourth-order valence-electron chi connectivity index (χ4n) is 2.34. The summed E-state index contributed by atoms with van der Waals surface area (Å²) in [4.78, 5) is 20.5. The first-order chi connectivity index (χ1) is 12.6. The molecule has 1 aromatic carbocycles. The van der Waals surface area contributed by atoms with Gasteiger partial charge in [-0.2, -0.15) is 4.98 Å². The van der Waals surface area contributed by atoms with Crippen LogP contribution in [0.25, 0.3) is 0 Å². The van der Waals surface area contributed by atoms with Crippen LogP contribution in [-0.4, -0.2) is 22.5 Å². The van der Waals surface area contributed by atoms with E-state index in [4.69, 9.17) is 9.15 Å². The predicted octanol–water partition coefficient (Wildman–Crippen LogP) is 3.91. The molecule has 7 nitrogen and oxygen atoms in total. The molecular formula is C19H20N4O3. The van der Waals surface area contributed by atoms with Crippen LogP contribution in [0.1, 0.15) is 28.7 Å². The van der Waals surface area contributed by atoms with Crippen LogP contribution in [0.3, 0.4) is 0 Å². The number of nitrogens with one attached hydrogen (secondary N) is 2. The number of nitrogens with zero attached hydrogens (tertiary/aromatic N) is 2. The molecule has 0 aliphatic rings. The van der Waals surface area contributed by atoms with Crippen molar-refractivity contribution < 1.29 is 13.9 Å². The molecule has 0 unspecified atom stereocenters.